The fourth-order valence-corrected chi connectivity index (χ4v) is 4.39. The maximum absolute atomic E-state index is 12.5. The van der Waals surface area contributed by atoms with Crippen molar-refractivity contribution in [3.8, 4) is 11.5 Å². The molecule has 1 aliphatic heterocycles. The molecule has 1 atom stereocenters. The van der Waals surface area contributed by atoms with E-state index < -0.39 is 17.2 Å². The second-order valence-corrected chi connectivity index (χ2v) is 7.53. The Hall–Kier alpha value is -2.86. The first-order valence-corrected chi connectivity index (χ1v) is 9.44. The molecule has 27 heavy (non-hydrogen) atoms. The highest BCUT2D eigenvalue weighted by molar-refractivity contribution is 7.10. The van der Waals surface area contributed by atoms with Crippen LogP contribution in [0.25, 0.3) is 0 Å². The monoisotopic (exact) mass is 382 g/mol. The van der Waals surface area contributed by atoms with Crippen molar-refractivity contribution in [2.45, 2.75) is 32.8 Å². The first kappa shape index (κ1) is 17.5. The fourth-order valence-electron chi connectivity index (χ4n) is 3.53. The van der Waals surface area contributed by atoms with Crippen LogP contribution in [-0.4, -0.2) is 5.97 Å². The van der Waals surface area contributed by atoms with Gasteiger partial charge < -0.3 is 13.9 Å². The summed E-state index contributed by atoms with van der Waals surface area (Å²) in [5.41, 5.74) is 0.376. The molecule has 6 heteroatoms. The van der Waals surface area contributed by atoms with Gasteiger partial charge in [-0.05, 0) is 36.9 Å². The average Bonchev–Trinajstić information content (AvgIpc) is 3.29. The highest BCUT2D eigenvalue weighted by Gasteiger charge is 2.48. The van der Waals surface area contributed by atoms with E-state index in [4.69, 9.17) is 13.9 Å². The summed E-state index contributed by atoms with van der Waals surface area (Å²) >= 11 is 1.53. The van der Waals surface area contributed by atoms with Gasteiger partial charge in [0.2, 0.25) is 5.60 Å². The van der Waals surface area contributed by atoms with Gasteiger partial charge in [0.25, 0.3) is 0 Å². The standard InChI is InChI=1S/C21H18O5S/c1-12-18(24-14(3)22)13(2)20(23)25-19(12)21(17-9-6-10-27-17)11-15-7-4-5-8-16(15)26-21/h4-10H,11H2,1-3H3. The van der Waals surface area contributed by atoms with Crippen LogP contribution in [-0.2, 0) is 16.8 Å². The van der Waals surface area contributed by atoms with Gasteiger partial charge in [0.15, 0.2) is 5.76 Å². The zero-order valence-corrected chi connectivity index (χ0v) is 16.0. The number of ether oxygens (including phenoxy) is 2. The van der Waals surface area contributed by atoms with Gasteiger partial charge in [0, 0.05) is 18.9 Å². The van der Waals surface area contributed by atoms with Crippen LogP contribution in [0.5, 0.6) is 11.5 Å². The predicted octanol–water partition coefficient (Wildman–Crippen LogP) is 4.12. The van der Waals surface area contributed by atoms with E-state index >= 15 is 0 Å². The van der Waals surface area contributed by atoms with Gasteiger partial charge in [-0.2, -0.15) is 0 Å². The summed E-state index contributed by atoms with van der Waals surface area (Å²) in [5, 5.41) is 1.96. The number of rotatable bonds is 3. The fraction of sp³-hybridized carbons (Fsp3) is 0.238. The number of para-hydroxylation sites is 1. The minimum absolute atomic E-state index is 0.240. The van der Waals surface area contributed by atoms with Gasteiger partial charge in [0.05, 0.1) is 10.4 Å². The van der Waals surface area contributed by atoms with Crippen molar-refractivity contribution in [3.05, 3.63) is 79.5 Å². The summed E-state index contributed by atoms with van der Waals surface area (Å²) in [7, 11) is 0. The van der Waals surface area contributed by atoms with Gasteiger partial charge in [-0.15, -0.1) is 11.3 Å². The van der Waals surface area contributed by atoms with Gasteiger partial charge in [-0.1, -0.05) is 24.3 Å². The summed E-state index contributed by atoms with van der Waals surface area (Å²) < 4.78 is 17.5. The van der Waals surface area contributed by atoms with Crippen LogP contribution in [0.1, 0.15) is 34.3 Å². The molecule has 0 radical (unpaired) electrons. The molecule has 0 spiro atoms. The van der Waals surface area contributed by atoms with E-state index in [1.54, 1.807) is 13.8 Å². The van der Waals surface area contributed by atoms with Crippen LogP contribution in [0.3, 0.4) is 0 Å². The van der Waals surface area contributed by atoms with Gasteiger partial charge in [0.1, 0.15) is 11.5 Å². The number of hydrogen-bond donors (Lipinski definition) is 0. The summed E-state index contributed by atoms with van der Waals surface area (Å²) in [4.78, 5) is 25.0. The molecule has 0 amide bonds. The lowest BCUT2D eigenvalue weighted by Crippen LogP contribution is -2.34. The molecule has 4 rings (SSSR count). The van der Waals surface area contributed by atoms with E-state index in [-0.39, 0.29) is 11.3 Å². The van der Waals surface area contributed by atoms with Crippen LogP contribution in [0, 0.1) is 13.8 Å². The second-order valence-electron chi connectivity index (χ2n) is 6.58. The Morgan fingerprint density at radius 1 is 1.15 bits per heavy atom. The smallest absolute Gasteiger partial charge is 0.342 e. The zero-order valence-electron chi connectivity index (χ0n) is 15.2. The maximum atomic E-state index is 12.5. The number of esters is 1. The molecule has 138 valence electrons. The SMILES string of the molecule is CC(=O)Oc1c(C)c(C2(c3cccs3)Cc3ccccc3O2)oc(=O)c1C. The first-order valence-electron chi connectivity index (χ1n) is 8.56. The number of carbonyl (C=O) groups excluding carboxylic acids is 1. The average molecular weight is 382 g/mol. The van der Waals surface area contributed by atoms with Crippen LogP contribution in [0.15, 0.2) is 51.0 Å². The maximum Gasteiger partial charge on any atom is 0.342 e. The van der Waals surface area contributed by atoms with Gasteiger partial charge >= 0.3 is 11.6 Å². The highest BCUT2D eigenvalue weighted by Crippen LogP contribution is 2.48. The molecule has 3 heterocycles. The minimum Gasteiger partial charge on any atom is -0.473 e. The van der Waals surface area contributed by atoms with Crippen molar-refractivity contribution in [2.24, 2.45) is 0 Å². The van der Waals surface area contributed by atoms with E-state index in [1.807, 2.05) is 41.8 Å². The Morgan fingerprint density at radius 2 is 1.93 bits per heavy atom. The lowest BCUT2D eigenvalue weighted by molar-refractivity contribution is -0.132. The third kappa shape index (κ3) is 2.77. The minimum atomic E-state index is -0.969. The molecule has 2 aromatic heterocycles. The number of fused-ring (bicyclic) bond motifs is 1. The molecule has 3 aromatic rings. The number of carbonyl (C=O) groups is 1. The van der Waals surface area contributed by atoms with Crippen LogP contribution < -0.4 is 15.1 Å². The zero-order chi connectivity index (χ0) is 19.2. The van der Waals surface area contributed by atoms with Crippen molar-refractivity contribution < 1.29 is 18.7 Å². The molecule has 0 fully saturated rings. The third-order valence-electron chi connectivity index (χ3n) is 4.75. The summed E-state index contributed by atoms with van der Waals surface area (Å²) in [6.45, 7) is 4.68. The lowest BCUT2D eigenvalue weighted by atomic mass is 9.89. The number of hydrogen-bond acceptors (Lipinski definition) is 6. The second kappa shape index (κ2) is 6.39. The Bertz CT molecular complexity index is 1050. The molecule has 5 nitrogen and oxygen atoms in total. The van der Waals surface area contributed by atoms with E-state index in [9.17, 15) is 9.59 Å². The first-order chi connectivity index (χ1) is 12.9. The quantitative estimate of drug-likeness (QED) is 0.638. The van der Waals surface area contributed by atoms with Crippen molar-refractivity contribution in [3.63, 3.8) is 0 Å². The summed E-state index contributed by atoms with van der Waals surface area (Å²) in [6.07, 6.45) is 0.524. The van der Waals surface area contributed by atoms with E-state index in [2.05, 4.69) is 0 Å². The highest BCUT2D eigenvalue weighted by atomic mass is 32.1. The number of benzene rings is 1. The molecule has 0 saturated heterocycles. The Balaban J connectivity index is 1.98. The topological polar surface area (TPSA) is 65.7 Å². The van der Waals surface area contributed by atoms with Crippen LogP contribution >= 0.6 is 11.3 Å². The predicted molar refractivity (Wildman–Crippen MR) is 102 cm³/mol. The Kier molecular flexibility index (Phi) is 4.15. The van der Waals surface area contributed by atoms with Gasteiger partial charge in [-0.25, -0.2) is 4.79 Å². The van der Waals surface area contributed by atoms with Crippen molar-refractivity contribution >= 4 is 17.3 Å². The van der Waals surface area contributed by atoms with Gasteiger partial charge in [-0.3, -0.25) is 4.79 Å². The molecular formula is C21H18O5S. The van der Waals surface area contributed by atoms with Crippen molar-refractivity contribution in [1.29, 1.82) is 0 Å². The third-order valence-corrected chi connectivity index (χ3v) is 5.76. The molecular weight excluding hydrogens is 364 g/mol. The molecule has 0 N–H and O–H groups in total. The Labute approximate surface area is 160 Å². The molecule has 1 aliphatic rings. The van der Waals surface area contributed by atoms with Crippen LogP contribution in [0.4, 0.5) is 0 Å². The normalized spacial score (nSPS) is 18.0. The van der Waals surface area contributed by atoms with Crippen molar-refractivity contribution in [1.82, 2.24) is 0 Å². The molecule has 0 bridgehead atoms. The molecule has 1 aromatic carbocycles. The molecule has 0 aliphatic carbocycles. The van der Waals surface area contributed by atoms with Crippen molar-refractivity contribution in [2.75, 3.05) is 0 Å². The summed E-state index contributed by atoms with van der Waals surface area (Å²) in [5.74, 6) is 0.873. The lowest BCUT2D eigenvalue weighted by Gasteiger charge is -2.28. The van der Waals surface area contributed by atoms with E-state index in [0.717, 1.165) is 16.2 Å². The molecule has 0 saturated carbocycles. The van der Waals surface area contributed by atoms with E-state index in [0.29, 0.717) is 17.7 Å². The largest absolute Gasteiger partial charge is 0.473 e. The van der Waals surface area contributed by atoms with Crippen LogP contribution in [0.2, 0.25) is 0 Å². The summed E-state index contributed by atoms with van der Waals surface area (Å²) in [6, 6.07) is 11.7. The molecule has 1 unspecified atom stereocenters. The number of thiophene rings is 1. The van der Waals surface area contributed by atoms with E-state index in [1.165, 1.54) is 18.3 Å². The Morgan fingerprint density at radius 3 is 2.59 bits per heavy atom.